The van der Waals surface area contributed by atoms with Gasteiger partial charge < -0.3 is 19.5 Å². The summed E-state index contributed by atoms with van der Waals surface area (Å²) in [6.07, 6.45) is 0.0918. The molecule has 3 atom stereocenters. The Labute approximate surface area is 230 Å². The number of alkyl carbamates (subject to hydrolysis) is 1. The topological polar surface area (TPSA) is 103 Å². The van der Waals surface area contributed by atoms with Gasteiger partial charge in [0, 0.05) is 17.5 Å². The van der Waals surface area contributed by atoms with Gasteiger partial charge in [0.25, 0.3) is 0 Å². The van der Waals surface area contributed by atoms with Crippen molar-refractivity contribution in [1.29, 1.82) is 0 Å². The van der Waals surface area contributed by atoms with Crippen LogP contribution in [0.1, 0.15) is 45.7 Å². The van der Waals surface area contributed by atoms with Gasteiger partial charge in [-0.25, -0.2) is 4.79 Å². The van der Waals surface area contributed by atoms with Gasteiger partial charge in [-0.3, -0.25) is 14.9 Å². The van der Waals surface area contributed by atoms with Gasteiger partial charge in [-0.05, 0) is 52.2 Å². The minimum atomic E-state index is -0.718. The van der Waals surface area contributed by atoms with Crippen molar-refractivity contribution < 1.29 is 28.6 Å². The summed E-state index contributed by atoms with van der Waals surface area (Å²) < 4.78 is 16.1. The van der Waals surface area contributed by atoms with E-state index in [4.69, 9.17) is 14.2 Å². The molecular weight excluding hydrogens is 504 g/mol. The summed E-state index contributed by atoms with van der Waals surface area (Å²) in [4.78, 5) is 37.6. The van der Waals surface area contributed by atoms with Crippen molar-refractivity contribution in [2.45, 2.75) is 71.4 Å². The van der Waals surface area contributed by atoms with Crippen LogP contribution in [0, 0.1) is 0 Å². The molecule has 38 heavy (non-hydrogen) atoms. The fraction of sp³-hybridized carbons (Fsp3) is 0.483. The van der Waals surface area contributed by atoms with Crippen molar-refractivity contribution in [3.05, 3.63) is 71.8 Å². The molecule has 0 heterocycles. The van der Waals surface area contributed by atoms with Gasteiger partial charge in [0.1, 0.15) is 24.3 Å². The van der Waals surface area contributed by atoms with E-state index in [0.29, 0.717) is 17.9 Å². The first kappa shape index (κ1) is 31.2. The van der Waals surface area contributed by atoms with Crippen LogP contribution in [0.3, 0.4) is 0 Å². The Morgan fingerprint density at radius 2 is 1.47 bits per heavy atom. The Morgan fingerprint density at radius 1 is 0.868 bits per heavy atom. The number of carbonyl (C=O) groups is 3. The molecule has 0 saturated carbocycles. The molecule has 0 aromatic heterocycles. The highest BCUT2D eigenvalue weighted by Crippen LogP contribution is 2.14. The molecule has 0 saturated heterocycles. The Balaban J connectivity index is 1.99. The molecule has 9 heteroatoms. The molecule has 0 bridgehead atoms. The van der Waals surface area contributed by atoms with E-state index in [-0.39, 0.29) is 19.3 Å². The van der Waals surface area contributed by atoms with Crippen LogP contribution < -0.4 is 10.6 Å². The molecule has 2 aromatic rings. The summed E-state index contributed by atoms with van der Waals surface area (Å²) in [6.45, 7) is 9.18. The van der Waals surface area contributed by atoms with E-state index in [0.717, 1.165) is 11.1 Å². The molecule has 2 rings (SSSR count). The monoisotopic (exact) mass is 544 g/mol. The second-order valence-corrected chi connectivity index (χ2v) is 10.9. The van der Waals surface area contributed by atoms with Gasteiger partial charge in [-0.15, -0.1) is 0 Å². The van der Waals surface area contributed by atoms with Crippen LogP contribution in [0.5, 0.6) is 0 Å². The highest BCUT2D eigenvalue weighted by atomic mass is 32.2. The van der Waals surface area contributed by atoms with Crippen LogP contribution in [-0.4, -0.2) is 59.9 Å². The normalized spacial score (nSPS) is 13.6. The molecule has 0 aliphatic rings. The molecule has 0 radical (unpaired) electrons. The minimum Gasteiger partial charge on any atom is -0.465 e. The van der Waals surface area contributed by atoms with Crippen LogP contribution in [0.2, 0.25) is 0 Å². The van der Waals surface area contributed by atoms with Gasteiger partial charge in [0.15, 0.2) is 0 Å². The number of carbonyl (C=O) groups excluding carboxylic acids is 3. The van der Waals surface area contributed by atoms with Crippen LogP contribution >= 0.6 is 11.8 Å². The average molecular weight is 545 g/mol. The highest BCUT2D eigenvalue weighted by molar-refractivity contribution is 7.99. The number of hydrogen-bond acceptors (Lipinski definition) is 8. The van der Waals surface area contributed by atoms with E-state index in [1.165, 1.54) is 11.8 Å². The molecule has 2 N–H and O–H groups in total. The fourth-order valence-electron chi connectivity index (χ4n) is 3.50. The predicted octanol–water partition coefficient (Wildman–Crippen LogP) is 4.51. The van der Waals surface area contributed by atoms with Crippen LogP contribution in [0.15, 0.2) is 60.7 Å². The van der Waals surface area contributed by atoms with Gasteiger partial charge >= 0.3 is 18.0 Å². The van der Waals surface area contributed by atoms with Gasteiger partial charge in [0.2, 0.25) is 0 Å². The van der Waals surface area contributed by atoms with Crippen molar-refractivity contribution in [2.24, 2.45) is 0 Å². The van der Waals surface area contributed by atoms with E-state index in [1.807, 2.05) is 60.7 Å². The highest BCUT2D eigenvalue weighted by Gasteiger charge is 2.28. The molecule has 0 fully saturated rings. The van der Waals surface area contributed by atoms with Gasteiger partial charge in [0.05, 0.1) is 6.61 Å². The summed E-state index contributed by atoms with van der Waals surface area (Å²) in [5.41, 5.74) is 1.34. The maximum absolute atomic E-state index is 12.6. The molecule has 1 amide bonds. The number of thioether (sulfide) groups is 1. The molecule has 2 aromatic carbocycles. The zero-order valence-corrected chi connectivity index (χ0v) is 23.7. The third-order valence-corrected chi connectivity index (χ3v) is 6.45. The van der Waals surface area contributed by atoms with Crippen LogP contribution in [-0.2, 0) is 36.8 Å². The van der Waals surface area contributed by atoms with E-state index in [9.17, 15) is 14.4 Å². The summed E-state index contributed by atoms with van der Waals surface area (Å²) in [6, 6.07) is 17.7. The summed E-state index contributed by atoms with van der Waals surface area (Å²) in [5.74, 6) is -0.0158. The zero-order chi connectivity index (χ0) is 28.0. The lowest BCUT2D eigenvalue weighted by Crippen LogP contribution is -2.49. The summed E-state index contributed by atoms with van der Waals surface area (Å²) >= 11 is 1.48. The Morgan fingerprint density at radius 3 is 2.05 bits per heavy atom. The molecule has 0 aliphatic carbocycles. The van der Waals surface area contributed by atoms with E-state index < -0.39 is 35.7 Å². The largest absolute Gasteiger partial charge is 0.465 e. The number of rotatable bonds is 14. The average Bonchev–Trinajstić information content (AvgIpc) is 2.87. The third kappa shape index (κ3) is 12.5. The number of amides is 1. The minimum absolute atomic E-state index is 0.176. The second-order valence-electron chi connectivity index (χ2n) is 9.86. The fourth-order valence-corrected chi connectivity index (χ4v) is 4.59. The lowest BCUT2D eigenvalue weighted by molar-refractivity contribution is -0.157. The molecule has 0 unspecified atom stereocenters. The number of benzene rings is 2. The van der Waals surface area contributed by atoms with Gasteiger partial charge in [-0.1, -0.05) is 60.7 Å². The van der Waals surface area contributed by atoms with Crippen molar-refractivity contribution >= 4 is 29.8 Å². The van der Waals surface area contributed by atoms with Crippen molar-refractivity contribution in [1.82, 2.24) is 10.6 Å². The smallest absolute Gasteiger partial charge is 0.407 e. The zero-order valence-electron chi connectivity index (χ0n) is 22.9. The maximum Gasteiger partial charge on any atom is 0.407 e. The number of esters is 2. The summed E-state index contributed by atoms with van der Waals surface area (Å²) in [7, 11) is 0. The second kappa shape index (κ2) is 16.0. The van der Waals surface area contributed by atoms with E-state index in [1.54, 1.807) is 34.6 Å². The first-order valence-corrected chi connectivity index (χ1v) is 14.0. The van der Waals surface area contributed by atoms with E-state index in [2.05, 4.69) is 10.6 Å². The molecule has 8 nitrogen and oxygen atoms in total. The Hall–Kier alpha value is -3.04. The molecule has 208 valence electrons. The molecule has 0 spiro atoms. The lowest BCUT2D eigenvalue weighted by atomic mass is 10.1. The van der Waals surface area contributed by atoms with Crippen molar-refractivity contribution in [2.75, 3.05) is 18.1 Å². The van der Waals surface area contributed by atoms with Crippen LogP contribution in [0.4, 0.5) is 4.79 Å². The maximum atomic E-state index is 12.6. The standard InChI is InChI=1S/C29H40N2O6S/c1-6-35-27(33)25(30-21(2)26(32)37-29(3,4)5)20-38-19-24(17-22-13-9-7-10-14-22)31-28(34)36-18-23-15-11-8-12-16-23/h7-16,21,24-25,30H,6,17-20H2,1-5H3,(H,31,34)/t21-,24+,25-/m0/s1. The van der Waals surface area contributed by atoms with Crippen LogP contribution in [0.25, 0.3) is 0 Å². The van der Waals surface area contributed by atoms with E-state index >= 15 is 0 Å². The first-order valence-electron chi connectivity index (χ1n) is 12.8. The van der Waals surface area contributed by atoms with Gasteiger partial charge in [-0.2, -0.15) is 11.8 Å². The third-order valence-electron chi connectivity index (χ3n) is 5.25. The Kier molecular flexibility index (Phi) is 13.2. The SMILES string of the molecule is CCOC(=O)[C@H](CSC[C@@H](Cc1ccccc1)NC(=O)OCc1ccccc1)N[C@@H](C)C(=O)OC(C)(C)C. The molecule has 0 aliphatic heterocycles. The number of hydrogen-bond donors (Lipinski definition) is 2. The first-order chi connectivity index (χ1) is 18.1. The molecular formula is C29H40N2O6S. The predicted molar refractivity (Wildman–Crippen MR) is 150 cm³/mol. The number of nitrogens with one attached hydrogen (secondary N) is 2. The lowest BCUT2D eigenvalue weighted by Gasteiger charge is -2.25. The summed E-state index contributed by atoms with van der Waals surface area (Å²) in [5, 5.41) is 6.00. The quantitative estimate of drug-likeness (QED) is 0.265. The number of ether oxygens (including phenoxy) is 3. The van der Waals surface area contributed by atoms with Crippen molar-refractivity contribution in [3.8, 4) is 0 Å². The van der Waals surface area contributed by atoms with Crippen molar-refractivity contribution in [3.63, 3.8) is 0 Å². The Bertz CT molecular complexity index is 997.